The minimum Gasteiger partial charge on any atom is -0.379 e. The van der Waals surface area contributed by atoms with Crippen molar-refractivity contribution in [2.75, 3.05) is 31.6 Å². The quantitative estimate of drug-likeness (QED) is 0.884. The summed E-state index contributed by atoms with van der Waals surface area (Å²) in [5.41, 5.74) is 2.85. The Hall–Kier alpha value is -1.72. The molecule has 3 aliphatic rings. The third-order valence-electron chi connectivity index (χ3n) is 6.93. The van der Waals surface area contributed by atoms with Gasteiger partial charge in [0.25, 0.3) is 0 Å². The molecule has 1 saturated heterocycles. The van der Waals surface area contributed by atoms with Gasteiger partial charge in [0.15, 0.2) is 0 Å². The van der Waals surface area contributed by atoms with Crippen LogP contribution < -0.4 is 5.32 Å². The van der Waals surface area contributed by atoms with E-state index in [1.165, 1.54) is 49.5 Å². The van der Waals surface area contributed by atoms with E-state index in [0.29, 0.717) is 11.5 Å². The molecule has 0 unspecified atom stereocenters. The van der Waals surface area contributed by atoms with Crippen molar-refractivity contribution in [2.45, 2.75) is 62.9 Å². The van der Waals surface area contributed by atoms with Gasteiger partial charge in [-0.3, -0.25) is 4.90 Å². The zero-order chi connectivity index (χ0) is 18.3. The van der Waals surface area contributed by atoms with E-state index in [9.17, 15) is 0 Å². The second-order valence-electron chi connectivity index (χ2n) is 8.81. The summed E-state index contributed by atoms with van der Waals surface area (Å²) in [6, 6.07) is 7.98. The average molecular weight is 369 g/mol. The highest BCUT2D eigenvalue weighted by Crippen LogP contribution is 2.48. The Morgan fingerprint density at radius 1 is 1.11 bits per heavy atom. The first-order chi connectivity index (χ1) is 13.2. The van der Waals surface area contributed by atoms with Gasteiger partial charge in [-0.15, -0.1) is 0 Å². The Morgan fingerprint density at radius 2 is 1.89 bits per heavy atom. The second-order valence-corrected chi connectivity index (χ2v) is 8.81. The Balaban J connectivity index is 0.00000192. The first-order valence-electron chi connectivity index (χ1n) is 10.5. The van der Waals surface area contributed by atoms with Crippen molar-refractivity contribution in [3.63, 3.8) is 0 Å². The number of benzene rings is 1. The normalized spacial score (nSPS) is 28.2. The molecule has 1 aliphatic heterocycles. The molecule has 2 aromatic rings. The SMILES string of the molecule is CC1(c2ccc3ncnc(NC4CCC(N5CCOCC5)CC4)c3c2)CC1.[HH]. The van der Waals surface area contributed by atoms with Gasteiger partial charge in [-0.2, -0.15) is 0 Å². The van der Waals surface area contributed by atoms with Crippen molar-refractivity contribution in [1.29, 1.82) is 0 Å². The fourth-order valence-electron chi connectivity index (χ4n) is 4.74. The highest BCUT2D eigenvalue weighted by molar-refractivity contribution is 5.89. The van der Waals surface area contributed by atoms with Gasteiger partial charge in [0.1, 0.15) is 12.1 Å². The molecule has 5 rings (SSSR count). The molecule has 1 aromatic heterocycles. The lowest BCUT2D eigenvalue weighted by molar-refractivity contribution is 0.00791. The van der Waals surface area contributed by atoms with E-state index in [0.717, 1.165) is 43.7 Å². The minimum atomic E-state index is 0. The number of nitrogens with zero attached hydrogens (tertiary/aromatic N) is 3. The van der Waals surface area contributed by atoms with Gasteiger partial charge in [-0.25, -0.2) is 9.97 Å². The van der Waals surface area contributed by atoms with Gasteiger partial charge >= 0.3 is 0 Å². The summed E-state index contributed by atoms with van der Waals surface area (Å²) in [5.74, 6) is 1.01. The van der Waals surface area contributed by atoms with E-state index in [-0.39, 0.29) is 1.43 Å². The number of hydrogen-bond donors (Lipinski definition) is 1. The predicted molar refractivity (Wildman–Crippen MR) is 110 cm³/mol. The van der Waals surface area contributed by atoms with Crippen LogP contribution in [-0.2, 0) is 10.2 Å². The number of hydrogen-bond acceptors (Lipinski definition) is 5. The Bertz CT molecular complexity index is 811. The lowest BCUT2D eigenvalue weighted by Crippen LogP contribution is -2.46. The highest BCUT2D eigenvalue weighted by atomic mass is 16.5. The first kappa shape index (κ1) is 17.4. The van der Waals surface area contributed by atoms with Crippen molar-refractivity contribution < 1.29 is 6.16 Å². The molecule has 5 heteroatoms. The highest BCUT2D eigenvalue weighted by Gasteiger charge is 2.39. The zero-order valence-electron chi connectivity index (χ0n) is 16.3. The van der Waals surface area contributed by atoms with Crippen molar-refractivity contribution in [1.82, 2.24) is 14.9 Å². The summed E-state index contributed by atoms with van der Waals surface area (Å²) in [6.45, 7) is 6.35. The standard InChI is InChI=1S/C22H30N4O.H2/c1-22(8-9-22)16-2-7-20-19(14-16)21(24-15-23-20)25-17-3-5-18(6-4-17)26-10-12-27-13-11-26;/h2,7,14-15,17-18H,3-6,8-13H2,1H3,(H,23,24,25);1H. The van der Waals surface area contributed by atoms with Gasteiger partial charge in [-0.1, -0.05) is 13.0 Å². The Morgan fingerprint density at radius 3 is 2.63 bits per heavy atom. The molecule has 146 valence electrons. The van der Waals surface area contributed by atoms with Crippen LogP contribution >= 0.6 is 0 Å². The van der Waals surface area contributed by atoms with E-state index >= 15 is 0 Å². The molecule has 0 radical (unpaired) electrons. The second kappa shape index (κ2) is 7.02. The molecule has 2 saturated carbocycles. The number of nitrogens with one attached hydrogen (secondary N) is 1. The molecule has 2 aliphatic carbocycles. The van der Waals surface area contributed by atoms with E-state index in [2.05, 4.69) is 45.3 Å². The summed E-state index contributed by atoms with van der Waals surface area (Å²) in [7, 11) is 0. The van der Waals surface area contributed by atoms with E-state index in [4.69, 9.17) is 4.74 Å². The lowest BCUT2D eigenvalue weighted by atomic mass is 9.89. The number of fused-ring (bicyclic) bond motifs is 1. The van der Waals surface area contributed by atoms with Gasteiger partial charge in [0.05, 0.1) is 18.7 Å². The fourth-order valence-corrected chi connectivity index (χ4v) is 4.74. The maximum Gasteiger partial charge on any atom is 0.137 e. The van der Waals surface area contributed by atoms with Crippen LogP contribution in [0.3, 0.4) is 0 Å². The van der Waals surface area contributed by atoms with Crippen LogP contribution in [0.2, 0.25) is 0 Å². The Kier molecular flexibility index (Phi) is 4.52. The summed E-state index contributed by atoms with van der Waals surface area (Å²) in [5, 5.41) is 4.93. The molecule has 2 heterocycles. The van der Waals surface area contributed by atoms with Crippen LogP contribution in [0.5, 0.6) is 0 Å². The molecule has 0 atom stereocenters. The van der Waals surface area contributed by atoms with Crippen LogP contribution in [0.4, 0.5) is 5.82 Å². The van der Waals surface area contributed by atoms with Crippen LogP contribution in [0.1, 0.15) is 52.4 Å². The predicted octanol–water partition coefficient (Wildman–Crippen LogP) is 3.98. The zero-order valence-corrected chi connectivity index (χ0v) is 16.3. The van der Waals surface area contributed by atoms with E-state index < -0.39 is 0 Å². The van der Waals surface area contributed by atoms with E-state index in [1.807, 2.05) is 0 Å². The average Bonchev–Trinajstić information content (AvgIpc) is 3.48. The molecule has 1 N–H and O–H groups in total. The number of ether oxygens (including phenoxy) is 1. The molecule has 0 amide bonds. The van der Waals surface area contributed by atoms with Crippen LogP contribution in [0.15, 0.2) is 24.5 Å². The molecule has 1 aromatic carbocycles. The molecular weight excluding hydrogens is 336 g/mol. The summed E-state index contributed by atoms with van der Waals surface area (Å²) < 4.78 is 5.50. The summed E-state index contributed by atoms with van der Waals surface area (Å²) >= 11 is 0. The van der Waals surface area contributed by atoms with Crippen LogP contribution in [0.25, 0.3) is 10.9 Å². The van der Waals surface area contributed by atoms with Gasteiger partial charge < -0.3 is 10.1 Å². The molecule has 0 bridgehead atoms. The maximum atomic E-state index is 5.50. The molecule has 0 spiro atoms. The van der Waals surface area contributed by atoms with Crippen molar-refractivity contribution in [3.8, 4) is 0 Å². The third kappa shape index (κ3) is 3.55. The number of rotatable bonds is 4. The summed E-state index contributed by atoms with van der Waals surface area (Å²) in [6.07, 6.45) is 9.24. The molecule has 27 heavy (non-hydrogen) atoms. The largest absolute Gasteiger partial charge is 0.379 e. The van der Waals surface area contributed by atoms with E-state index in [1.54, 1.807) is 6.33 Å². The van der Waals surface area contributed by atoms with Crippen molar-refractivity contribution >= 4 is 16.7 Å². The van der Waals surface area contributed by atoms with Gasteiger partial charge in [0.2, 0.25) is 0 Å². The van der Waals surface area contributed by atoms with Crippen molar-refractivity contribution in [2.24, 2.45) is 0 Å². The number of morpholine rings is 1. The first-order valence-corrected chi connectivity index (χ1v) is 10.5. The van der Waals surface area contributed by atoms with Crippen molar-refractivity contribution in [3.05, 3.63) is 30.1 Å². The number of anilines is 1. The third-order valence-corrected chi connectivity index (χ3v) is 6.93. The Labute approximate surface area is 163 Å². The topological polar surface area (TPSA) is 50.3 Å². The van der Waals surface area contributed by atoms with Gasteiger partial charge in [0, 0.05) is 32.0 Å². The smallest absolute Gasteiger partial charge is 0.137 e. The molecular formula is C22H32N4O. The molecule has 5 nitrogen and oxygen atoms in total. The van der Waals surface area contributed by atoms with Crippen LogP contribution in [0, 0.1) is 0 Å². The monoisotopic (exact) mass is 368 g/mol. The minimum absolute atomic E-state index is 0. The fraction of sp³-hybridized carbons (Fsp3) is 0.636. The maximum absolute atomic E-state index is 5.50. The molecule has 3 fully saturated rings. The summed E-state index contributed by atoms with van der Waals surface area (Å²) in [4.78, 5) is 11.7. The van der Waals surface area contributed by atoms with Crippen LogP contribution in [-0.4, -0.2) is 53.3 Å². The number of aromatic nitrogens is 2. The lowest BCUT2D eigenvalue weighted by Gasteiger charge is -2.39. The van der Waals surface area contributed by atoms with Gasteiger partial charge in [-0.05, 0) is 61.6 Å².